The molecule has 3 heteroatoms. The lowest BCUT2D eigenvalue weighted by atomic mass is 10.0. The minimum absolute atomic E-state index is 0.771. The van der Waals surface area contributed by atoms with Gasteiger partial charge in [-0.25, -0.2) is 0 Å². The predicted octanol–water partition coefficient (Wildman–Crippen LogP) is 3.39. The second-order valence-corrected chi connectivity index (χ2v) is 4.05. The van der Waals surface area contributed by atoms with Gasteiger partial charge in [-0.05, 0) is 53.4 Å². The van der Waals surface area contributed by atoms with E-state index >= 15 is 0 Å². The molecule has 0 aliphatic carbocycles. The van der Waals surface area contributed by atoms with E-state index in [-0.39, 0.29) is 0 Å². The SMILES string of the molecule is COc1c(C)c(C)c(C)c(Br)c1OC. The number of hydrogen-bond donors (Lipinski definition) is 0. The van der Waals surface area contributed by atoms with E-state index < -0.39 is 0 Å². The number of benzene rings is 1. The first-order valence-electron chi connectivity index (χ1n) is 4.41. The first-order valence-corrected chi connectivity index (χ1v) is 5.21. The zero-order chi connectivity index (χ0) is 10.9. The van der Waals surface area contributed by atoms with E-state index in [2.05, 4.69) is 29.8 Å². The number of hydrogen-bond acceptors (Lipinski definition) is 2. The van der Waals surface area contributed by atoms with Crippen LogP contribution in [-0.2, 0) is 0 Å². The van der Waals surface area contributed by atoms with Gasteiger partial charge in [-0.15, -0.1) is 0 Å². The molecule has 0 saturated carbocycles. The minimum atomic E-state index is 0.771. The Morgan fingerprint density at radius 3 is 1.71 bits per heavy atom. The third-order valence-corrected chi connectivity index (χ3v) is 3.56. The molecule has 0 bridgehead atoms. The van der Waals surface area contributed by atoms with E-state index in [9.17, 15) is 0 Å². The van der Waals surface area contributed by atoms with Crippen LogP contribution in [0.25, 0.3) is 0 Å². The Labute approximate surface area is 93.4 Å². The van der Waals surface area contributed by atoms with E-state index in [1.807, 2.05) is 6.92 Å². The molecule has 14 heavy (non-hydrogen) atoms. The second kappa shape index (κ2) is 4.22. The van der Waals surface area contributed by atoms with Crippen molar-refractivity contribution in [2.45, 2.75) is 20.8 Å². The quantitative estimate of drug-likeness (QED) is 0.810. The Morgan fingerprint density at radius 1 is 0.786 bits per heavy atom. The molecule has 1 aromatic rings. The van der Waals surface area contributed by atoms with Gasteiger partial charge in [0, 0.05) is 0 Å². The van der Waals surface area contributed by atoms with Crippen LogP contribution >= 0.6 is 15.9 Å². The Morgan fingerprint density at radius 2 is 1.29 bits per heavy atom. The highest BCUT2D eigenvalue weighted by molar-refractivity contribution is 9.10. The van der Waals surface area contributed by atoms with Gasteiger partial charge in [0.15, 0.2) is 11.5 Å². The van der Waals surface area contributed by atoms with Crippen LogP contribution in [0.15, 0.2) is 4.47 Å². The smallest absolute Gasteiger partial charge is 0.175 e. The van der Waals surface area contributed by atoms with Crippen LogP contribution in [0.1, 0.15) is 16.7 Å². The average molecular weight is 259 g/mol. The van der Waals surface area contributed by atoms with Gasteiger partial charge in [-0.2, -0.15) is 0 Å². The van der Waals surface area contributed by atoms with Gasteiger partial charge < -0.3 is 9.47 Å². The van der Waals surface area contributed by atoms with Crippen molar-refractivity contribution in [3.05, 3.63) is 21.2 Å². The summed E-state index contributed by atoms with van der Waals surface area (Å²) in [5.41, 5.74) is 3.56. The van der Waals surface area contributed by atoms with Gasteiger partial charge in [0.25, 0.3) is 0 Å². The molecule has 0 aliphatic rings. The summed E-state index contributed by atoms with van der Waals surface area (Å²) in [5, 5.41) is 0. The van der Waals surface area contributed by atoms with Crippen LogP contribution in [0.2, 0.25) is 0 Å². The molecular weight excluding hydrogens is 244 g/mol. The molecule has 0 amide bonds. The lowest BCUT2D eigenvalue weighted by Gasteiger charge is -2.17. The molecule has 0 aliphatic heterocycles. The fourth-order valence-electron chi connectivity index (χ4n) is 1.48. The van der Waals surface area contributed by atoms with E-state index in [0.29, 0.717) is 0 Å². The summed E-state index contributed by atoms with van der Waals surface area (Å²) in [6.07, 6.45) is 0. The fraction of sp³-hybridized carbons (Fsp3) is 0.455. The zero-order valence-corrected chi connectivity index (χ0v) is 10.8. The van der Waals surface area contributed by atoms with E-state index in [4.69, 9.17) is 9.47 Å². The summed E-state index contributed by atoms with van der Waals surface area (Å²) >= 11 is 3.51. The molecule has 0 saturated heterocycles. The van der Waals surface area contributed by atoms with Crippen molar-refractivity contribution in [2.75, 3.05) is 14.2 Å². The number of rotatable bonds is 2. The first-order chi connectivity index (χ1) is 6.54. The topological polar surface area (TPSA) is 18.5 Å². The number of ether oxygens (including phenoxy) is 2. The summed E-state index contributed by atoms with van der Waals surface area (Å²) in [7, 11) is 3.31. The van der Waals surface area contributed by atoms with Crippen molar-refractivity contribution >= 4 is 15.9 Å². The van der Waals surface area contributed by atoms with Crippen LogP contribution in [-0.4, -0.2) is 14.2 Å². The monoisotopic (exact) mass is 258 g/mol. The average Bonchev–Trinajstić information content (AvgIpc) is 2.20. The predicted molar refractivity (Wildman–Crippen MR) is 61.5 cm³/mol. The molecular formula is C11H15BrO2. The van der Waals surface area contributed by atoms with Crippen LogP contribution in [0.5, 0.6) is 11.5 Å². The highest BCUT2D eigenvalue weighted by Crippen LogP contribution is 2.42. The molecule has 0 radical (unpaired) electrons. The van der Waals surface area contributed by atoms with Gasteiger partial charge in [0.2, 0.25) is 0 Å². The summed E-state index contributed by atoms with van der Waals surface area (Å²) in [4.78, 5) is 0. The van der Waals surface area contributed by atoms with Gasteiger partial charge in [0.05, 0.1) is 18.7 Å². The maximum absolute atomic E-state index is 5.33. The molecule has 2 nitrogen and oxygen atoms in total. The molecule has 0 fully saturated rings. The van der Waals surface area contributed by atoms with Gasteiger partial charge >= 0.3 is 0 Å². The summed E-state index contributed by atoms with van der Waals surface area (Å²) < 4.78 is 11.6. The highest BCUT2D eigenvalue weighted by Gasteiger charge is 2.16. The zero-order valence-electron chi connectivity index (χ0n) is 9.19. The molecule has 0 atom stereocenters. The van der Waals surface area contributed by atoms with Gasteiger partial charge in [-0.1, -0.05) is 0 Å². The van der Waals surface area contributed by atoms with Crippen molar-refractivity contribution in [2.24, 2.45) is 0 Å². The summed E-state index contributed by atoms with van der Waals surface area (Å²) in [6.45, 7) is 6.18. The third kappa shape index (κ3) is 1.61. The second-order valence-electron chi connectivity index (χ2n) is 3.26. The Hall–Kier alpha value is -0.700. The maximum Gasteiger partial charge on any atom is 0.175 e. The van der Waals surface area contributed by atoms with Crippen molar-refractivity contribution in [1.29, 1.82) is 0 Å². The van der Waals surface area contributed by atoms with Crippen molar-refractivity contribution in [1.82, 2.24) is 0 Å². The molecule has 0 aromatic heterocycles. The van der Waals surface area contributed by atoms with E-state index in [1.165, 1.54) is 11.1 Å². The number of halogens is 1. The van der Waals surface area contributed by atoms with Crippen LogP contribution in [0.3, 0.4) is 0 Å². The maximum atomic E-state index is 5.33. The molecule has 0 spiro atoms. The molecule has 1 aromatic carbocycles. The van der Waals surface area contributed by atoms with Crippen LogP contribution < -0.4 is 9.47 Å². The molecule has 1 rings (SSSR count). The summed E-state index contributed by atoms with van der Waals surface area (Å²) in [5.74, 6) is 1.58. The van der Waals surface area contributed by atoms with E-state index in [1.54, 1.807) is 14.2 Å². The van der Waals surface area contributed by atoms with Gasteiger partial charge in [0.1, 0.15) is 0 Å². The lowest BCUT2D eigenvalue weighted by Crippen LogP contribution is -1.99. The molecule has 0 unspecified atom stereocenters. The summed E-state index contributed by atoms with van der Waals surface area (Å²) in [6, 6.07) is 0. The first kappa shape index (κ1) is 11.4. The highest BCUT2D eigenvalue weighted by atomic mass is 79.9. The normalized spacial score (nSPS) is 10.1. The third-order valence-electron chi connectivity index (χ3n) is 2.61. The Kier molecular flexibility index (Phi) is 3.43. The lowest BCUT2D eigenvalue weighted by molar-refractivity contribution is 0.350. The van der Waals surface area contributed by atoms with Crippen molar-refractivity contribution < 1.29 is 9.47 Å². The van der Waals surface area contributed by atoms with Crippen molar-refractivity contribution in [3.63, 3.8) is 0 Å². The van der Waals surface area contributed by atoms with E-state index in [0.717, 1.165) is 21.5 Å². The Balaban J connectivity index is 3.57. The molecule has 0 heterocycles. The molecule has 78 valence electrons. The molecule has 0 N–H and O–H groups in total. The Bertz CT molecular complexity index is 324. The number of methoxy groups -OCH3 is 2. The van der Waals surface area contributed by atoms with Crippen LogP contribution in [0, 0.1) is 20.8 Å². The van der Waals surface area contributed by atoms with Crippen molar-refractivity contribution in [3.8, 4) is 11.5 Å². The standard InChI is InChI=1S/C11H15BrO2/c1-6-7(2)9(12)11(14-5)10(13-4)8(6)3/h1-5H3. The van der Waals surface area contributed by atoms with Gasteiger partial charge in [-0.3, -0.25) is 0 Å². The largest absolute Gasteiger partial charge is 0.493 e. The van der Waals surface area contributed by atoms with Crippen LogP contribution in [0.4, 0.5) is 0 Å². The minimum Gasteiger partial charge on any atom is -0.493 e. The fourth-order valence-corrected chi connectivity index (χ4v) is 2.12.